The molecule has 3 aromatic rings. The fourth-order valence-corrected chi connectivity index (χ4v) is 3.57. The topological polar surface area (TPSA) is 56.2 Å². The Morgan fingerprint density at radius 3 is 3.10 bits per heavy atom. The first-order valence-electron chi connectivity index (χ1n) is 6.18. The number of hydrogen-bond acceptors (Lipinski definition) is 6. The van der Waals surface area contributed by atoms with Crippen LogP contribution in [0.15, 0.2) is 49.0 Å². The highest BCUT2D eigenvalue weighted by Gasteiger charge is 2.15. The third-order valence-electron chi connectivity index (χ3n) is 2.52. The lowest BCUT2D eigenvalue weighted by Gasteiger charge is -2.00. The summed E-state index contributed by atoms with van der Waals surface area (Å²) in [6.07, 6.45) is 3.41. The zero-order valence-corrected chi connectivity index (χ0v) is 14.3. The van der Waals surface area contributed by atoms with Gasteiger partial charge in [-0.25, -0.2) is 0 Å². The van der Waals surface area contributed by atoms with E-state index in [-0.39, 0.29) is 0 Å². The van der Waals surface area contributed by atoms with Crippen LogP contribution in [0.3, 0.4) is 0 Å². The summed E-state index contributed by atoms with van der Waals surface area (Å²) in [6, 6.07) is 5.68. The molecule has 0 fully saturated rings. The van der Waals surface area contributed by atoms with Crippen LogP contribution in [0.2, 0.25) is 0 Å². The quantitative estimate of drug-likeness (QED) is 0.485. The molecule has 0 aliphatic heterocycles. The van der Waals surface area contributed by atoms with E-state index in [0.29, 0.717) is 11.6 Å². The van der Waals surface area contributed by atoms with Crippen LogP contribution < -0.4 is 0 Å². The zero-order chi connectivity index (χ0) is 14.7. The van der Waals surface area contributed by atoms with Crippen molar-refractivity contribution in [3.63, 3.8) is 0 Å². The minimum Gasteiger partial charge on any atom is -0.461 e. The van der Waals surface area contributed by atoms with Gasteiger partial charge in [0.1, 0.15) is 0 Å². The molecule has 3 rings (SSSR count). The van der Waals surface area contributed by atoms with Crippen molar-refractivity contribution >= 4 is 45.2 Å². The predicted octanol–water partition coefficient (Wildman–Crippen LogP) is 4.36. The van der Waals surface area contributed by atoms with E-state index >= 15 is 0 Å². The van der Waals surface area contributed by atoms with Crippen molar-refractivity contribution in [1.29, 1.82) is 0 Å². The first-order valence-corrected chi connectivity index (χ1v) is 8.84. The Bertz CT molecular complexity index is 748. The van der Waals surface area contributed by atoms with Crippen LogP contribution in [-0.2, 0) is 0 Å². The van der Waals surface area contributed by atoms with Gasteiger partial charge in [0.15, 0.2) is 5.76 Å². The normalized spacial score (nSPS) is 11.5. The van der Waals surface area contributed by atoms with E-state index in [4.69, 9.17) is 4.42 Å². The summed E-state index contributed by atoms with van der Waals surface area (Å²) in [5.41, 5.74) is 0. The van der Waals surface area contributed by atoms with Crippen molar-refractivity contribution < 1.29 is 4.42 Å². The summed E-state index contributed by atoms with van der Waals surface area (Å²) in [7, 11) is 0. The summed E-state index contributed by atoms with van der Waals surface area (Å²) in [5.74, 6) is 2.15. The van der Waals surface area contributed by atoms with Crippen molar-refractivity contribution in [3.05, 3.63) is 39.2 Å². The van der Waals surface area contributed by atoms with Crippen molar-refractivity contribution in [2.24, 2.45) is 5.10 Å². The molecule has 0 saturated heterocycles. The van der Waals surface area contributed by atoms with Crippen LogP contribution in [-0.4, -0.2) is 26.8 Å². The van der Waals surface area contributed by atoms with Crippen LogP contribution in [0.1, 0.15) is 11.8 Å². The summed E-state index contributed by atoms with van der Waals surface area (Å²) in [5, 5.41) is 15.6. The van der Waals surface area contributed by atoms with Gasteiger partial charge in [-0.15, -0.1) is 21.5 Å². The number of thiophene rings is 1. The first-order chi connectivity index (χ1) is 10.3. The monoisotopic (exact) mass is 382 g/mol. The molecule has 0 saturated carbocycles. The summed E-state index contributed by atoms with van der Waals surface area (Å²) in [6.45, 7) is 2.07. The summed E-state index contributed by atoms with van der Waals surface area (Å²) >= 11 is 6.64. The SMILES string of the molecule is CCSc1nnc(-c2ccco2)n1/N=C/c1cc(Br)cs1. The molecule has 0 atom stereocenters. The summed E-state index contributed by atoms with van der Waals surface area (Å²) < 4.78 is 8.15. The average molecular weight is 383 g/mol. The van der Waals surface area contributed by atoms with E-state index in [1.54, 1.807) is 40.3 Å². The first kappa shape index (κ1) is 14.6. The Kier molecular flexibility index (Phi) is 4.57. The molecule has 108 valence electrons. The van der Waals surface area contributed by atoms with Gasteiger partial charge in [0.2, 0.25) is 11.0 Å². The van der Waals surface area contributed by atoms with Gasteiger partial charge in [0.05, 0.1) is 12.5 Å². The molecule has 8 heteroatoms. The lowest BCUT2D eigenvalue weighted by molar-refractivity contribution is 0.571. The minimum atomic E-state index is 0.600. The minimum absolute atomic E-state index is 0.600. The molecule has 3 aromatic heterocycles. The molecular weight excluding hydrogens is 372 g/mol. The second kappa shape index (κ2) is 6.59. The van der Waals surface area contributed by atoms with Gasteiger partial charge in [-0.3, -0.25) is 0 Å². The van der Waals surface area contributed by atoms with Crippen LogP contribution >= 0.6 is 39.0 Å². The number of furan rings is 1. The molecule has 3 heterocycles. The maximum absolute atomic E-state index is 5.40. The molecular formula is C13H11BrN4OS2. The molecule has 0 radical (unpaired) electrons. The van der Waals surface area contributed by atoms with Crippen molar-refractivity contribution in [2.45, 2.75) is 12.1 Å². The Morgan fingerprint density at radius 1 is 1.52 bits per heavy atom. The standard InChI is InChI=1S/C13H11BrN4OS2/c1-2-20-13-17-16-12(11-4-3-5-19-11)18(13)15-7-10-6-9(14)8-21-10/h3-8H,2H2,1H3/b15-7+. The average Bonchev–Trinajstić information content (AvgIpc) is 3.17. The number of hydrogen-bond donors (Lipinski definition) is 0. The van der Waals surface area contributed by atoms with Gasteiger partial charge < -0.3 is 4.42 Å². The second-order valence-corrected chi connectivity index (χ2v) is 7.03. The Labute approximate surface area is 138 Å². The van der Waals surface area contributed by atoms with Gasteiger partial charge in [0.25, 0.3) is 0 Å². The number of nitrogens with zero attached hydrogens (tertiary/aromatic N) is 4. The third kappa shape index (κ3) is 3.28. The van der Waals surface area contributed by atoms with Gasteiger partial charge >= 0.3 is 0 Å². The van der Waals surface area contributed by atoms with Gasteiger partial charge in [-0.1, -0.05) is 18.7 Å². The molecule has 0 unspecified atom stereocenters. The van der Waals surface area contributed by atoms with Crippen LogP contribution in [0, 0.1) is 0 Å². The summed E-state index contributed by atoms with van der Waals surface area (Å²) in [4.78, 5) is 1.05. The van der Waals surface area contributed by atoms with Gasteiger partial charge in [-0.2, -0.15) is 9.78 Å². The molecule has 0 amide bonds. The van der Waals surface area contributed by atoms with E-state index in [9.17, 15) is 0 Å². The lowest BCUT2D eigenvalue weighted by atomic mass is 10.4. The highest BCUT2D eigenvalue weighted by atomic mass is 79.9. The Balaban J connectivity index is 1.98. The molecule has 0 aliphatic rings. The third-order valence-corrected chi connectivity index (χ3v) is 4.94. The molecule has 0 N–H and O–H groups in total. The molecule has 0 aromatic carbocycles. The molecule has 0 spiro atoms. The van der Waals surface area contributed by atoms with E-state index < -0.39 is 0 Å². The number of thioether (sulfide) groups is 1. The van der Waals surface area contributed by atoms with Crippen LogP contribution in [0.4, 0.5) is 0 Å². The van der Waals surface area contributed by atoms with Crippen molar-refractivity contribution in [2.75, 3.05) is 5.75 Å². The molecule has 21 heavy (non-hydrogen) atoms. The van der Waals surface area contributed by atoms with Gasteiger partial charge in [0, 0.05) is 14.7 Å². The van der Waals surface area contributed by atoms with Crippen molar-refractivity contribution in [3.8, 4) is 11.6 Å². The molecule has 0 bridgehead atoms. The zero-order valence-electron chi connectivity index (χ0n) is 11.1. The Hall–Kier alpha value is -1.38. The Morgan fingerprint density at radius 2 is 2.43 bits per heavy atom. The van der Waals surface area contributed by atoms with Crippen LogP contribution in [0.25, 0.3) is 11.6 Å². The number of aromatic nitrogens is 3. The maximum atomic E-state index is 5.40. The van der Waals surface area contributed by atoms with Crippen molar-refractivity contribution in [1.82, 2.24) is 14.9 Å². The van der Waals surface area contributed by atoms with E-state index in [0.717, 1.165) is 20.3 Å². The fourth-order valence-electron chi connectivity index (χ4n) is 1.66. The lowest BCUT2D eigenvalue weighted by Crippen LogP contribution is -1.95. The largest absolute Gasteiger partial charge is 0.461 e. The highest BCUT2D eigenvalue weighted by molar-refractivity contribution is 9.10. The van der Waals surface area contributed by atoms with E-state index in [2.05, 4.69) is 38.2 Å². The predicted molar refractivity (Wildman–Crippen MR) is 89.1 cm³/mol. The fraction of sp³-hybridized carbons (Fsp3) is 0.154. The van der Waals surface area contributed by atoms with Crippen LogP contribution in [0.5, 0.6) is 0 Å². The van der Waals surface area contributed by atoms with E-state index in [1.807, 2.05) is 23.6 Å². The van der Waals surface area contributed by atoms with E-state index in [1.165, 1.54) is 0 Å². The smallest absolute Gasteiger partial charge is 0.221 e. The number of rotatable bonds is 5. The molecule has 0 aliphatic carbocycles. The second-order valence-electron chi connectivity index (χ2n) is 3.94. The number of halogens is 1. The molecule has 5 nitrogen and oxygen atoms in total. The highest BCUT2D eigenvalue weighted by Crippen LogP contribution is 2.24. The maximum Gasteiger partial charge on any atom is 0.221 e. The van der Waals surface area contributed by atoms with Gasteiger partial charge in [-0.05, 0) is 39.9 Å².